The maximum atomic E-state index is 12.1. The van der Waals surface area contributed by atoms with Crippen molar-refractivity contribution in [3.8, 4) is 5.75 Å². The van der Waals surface area contributed by atoms with Gasteiger partial charge in [0.15, 0.2) is 0 Å². The molecule has 5 heteroatoms. The van der Waals surface area contributed by atoms with Gasteiger partial charge >= 0.3 is 0 Å². The molecular weight excluding hydrogens is 222 g/mol. The van der Waals surface area contributed by atoms with Crippen LogP contribution in [0.4, 0.5) is 0 Å². The number of benzene rings is 1. The molecule has 0 aliphatic carbocycles. The third kappa shape index (κ3) is 3.72. The van der Waals surface area contributed by atoms with E-state index in [0.717, 1.165) is 0 Å². The predicted octanol–water partition coefficient (Wildman–Crippen LogP) is 0.473. The lowest BCUT2D eigenvalue weighted by Crippen LogP contribution is -2.36. The Kier molecular flexibility index (Phi) is 5.45. The Morgan fingerprint density at radius 1 is 1.35 bits per heavy atom. The van der Waals surface area contributed by atoms with Gasteiger partial charge in [0.2, 0.25) is 0 Å². The summed E-state index contributed by atoms with van der Waals surface area (Å²) in [6.07, 6.45) is 0. The summed E-state index contributed by atoms with van der Waals surface area (Å²) in [6.45, 7) is 0.864. The molecule has 0 saturated heterocycles. The zero-order valence-corrected chi connectivity index (χ0v) is 9.80. The number of amides is 1. The summed E-state index contributed by atoms with van der Waals surface area (Å²) < 4.78 is 4.90. The molecule has 0 heterocycles. The maximum absolute atomic E-state index is 12.1. The van der Waals surface area contributed by atoms with Crippen molar-refractivity contribution in [2.45, 2.75) is 0 Å². The smallest absolute Gasteiger partial charge is 0.257 e. The highest BCUT2D eigenvalue weighted by Crippen LogP contribution is 2.17. The highest BCUT2D eigenvalue weighted by Gasteiger charge is 2.17. The molecule has 1 rings (SSSR count). The average molecular weight is 239 g/mol. The Hall–Kier alpha value is -1.59. The second-order valence-corrected chi connectivity index (χ2v) is 3.53. The molecule has 0 fully saturated rings. The zero-order chi connectivity index (χ0) is 12.7. The van der Waals surface area contributed by atoms with Crippen LogP contribution in [0.5, 0.6) is 5.75 Å². The van der Waals surface area contributed by atoms with Gasteiger partial charge in [0.25, 0.3) is 5.91 Å². The summed E-state index contributed by atoms with van der Waals surface area (Å²) >= 11 is 0. The van der Waals surface area contributed by atoms with Gasteiger partial charge in [-0.05, 0) is 12.1 Å². The largest absolute Gasteiger partial charge is 0.507 e. The van der Waals surface area contributed by atoms with Crippen LogP contribution in [0.2, 0.25) is 0 Å². The lowest BCUT2D eigenvalue weighted by Gasteiger charge is -2.21. The molecule has 94 valence electrons. The number of phenolic OH excluding ortho intramolecular Hbond substituents is 1. The van der Waals surface area contributed by atoms with Crippen LogP contribution in [0, 0.1) is 0 Å². The molecular formula is C12H17NO4. The summed E-state index contributed by atoms with van der Waals surface area (Å²) in [6, 6.07) is 6.34. The van der Waals surface area contributed by atoms with Gasteiger partial charge < -0.3 is 19.8 Å². The topological polar surface area (TPSA) is 70.0 Å². The van der Waals surface area contributed by atoms with Crippen LogP contribution in [0.25, 0.3) is 0 Å². The van der Waals surface area contributed by atoms with E-state index >= 15 is 0 Å². The van der Waals surface area contributed by atoms with Gasteiger partial charge in [0.1, 0.15) is 5.75 Å². The quantitative estimate of drug-likeness (QED) is 0.757. The lowest BCUT2D eigenvalue weighted by atomic mass is 10.1. The lowest BCUT2D eigenvalue weighted by molar-refractivity contribution is 0.0653. The number of para-hydroxylation sites is 1. The third-order valence-corrected chi connectivity index (χ3v) is 2.36. The van der Waals surface area contributed by atoms with Gasteiger partial charge in [0.05, 0.1) is 18.8 Å². The number of hydrogen-bond donors (Lipinski definition) is 2. The molecule has 17 heavy (non-hydrogen) atoms. The van der Waals surface area contributed by atoms with Gasteiger partial charge in [0, 0.05) is 20.2 Å². The van der Waals surface area contributed by atoms with Crippen molar-refractivity contribution < 1.29 is 19.7 Å². The maximum Gasteiger partial charge on any atom is 0.257 e. The molecule has 1 aromatic rings. The number of hydrogen-bond acceptors (Lipinski definition) is 4. The molecule has 0 spiro atoms. The fourth-order valence-electron chi connectivity index (χ4n) is 1.46. The van der Waals surface area contributed by atoms with Crippen LogP contribution in [-0.2, 0) is 4.74 Å². The van der Waals surface area contributed by atoms with E-state index in [9.17, 15) is 9.90 Å². The number of nitrogens with zero attached hydrogens (tertiary/aromatic N) is 1. The van der Waals surface area contributed by atoms with Crippen LogP contribution >= 0.6 is 0 Å². The van der Waals surface area contributed by atoms with E-state index in [1.165, 1.54) is 11.0 Å². The molecule has 0 aliphatic heterocycles. The molecule has 2 N–H and O–H groups in total. The molecule has 1 aromatic carbocycles. The number of carbonyl (C=O) groups is 1. The van der Waals surface area contributed by atoms with Crippen LogP contribution in [0.3, 0.4) is 0 Å². The van der Waals surface area contributed by atoms with Crippen molar-refractivity contribution in [1.29, 1.82) is 0 Å². The van der Waals surface area contributed by atoms with E-state index in [1.54, 1.807) is 25.3 Å². The fraction of sp³-hybridized carbons (Fsp3) is 0.417. The molecule has 0 unspecified atom stereocenters. The molecule has 0 saturated carbocycles. The normalized spacial score (nSPS) is 10.2. The van der Waals surface area contributed by atoms with Gasteiger partial charge in [-0.2, -0.15) is 0 Å². The Labute approximate surface area is 100 Å². The van der Waals surface area contributed by atoms with Gasteiger partial charge in [-0.15, -0.1) is 0 Å². The number of aliphatic hydroxyl groups is 1. The van der Waals surface area contributed by atoms with Crippen molar-refractivity contribution in [3.63, 3.8) is 0 Å². The number of aromatic hydroxyl groups is 1. The highest BCUT2D eigenvalue weighted by atomic mass is 16.5. The van der Waals surface area contributed by atoms with Crippen LogP contribution in [0.1, 0.15) is 10.4 Å². The van der Waals surface area contributed by atoms with E-state index in [1.807, 2.05) is 0 Å². The molecule has 0 radical (unpaired) electrons. The van der Waals surface area contributed by atoms with E-state index < -0.39 is 0 Å². The fourth-order valence-corrected chi connectivity index (χ4v) is 1.46. The number of phenols is 1. The first-order valence-electron chi connectivity index (χ1n) is 5.37. The minimum atomic E-state index is -0.311. The van der Waals surface area contributed by atoms with Crippen LogP contribution in [0.15, 0.2) is 24.3 Å². The number of methoxy groups -OCH3 is 1. The van der Waals surface area contributed by atoms with Gasteiger partial charge in [-0.1, -0.05) is 12.1 Å². The van der Waals surface area contributed by atoms with Crippen molar-refractivity contribution in [3.05, 3.63) is 29.8 Å². The van der Waals surface area contributed by atoms with Gasteiger partial charge in [-0.25, -0.2) is 0 Å². The average Bonchev–Trinajstić information content (AvgIpc) is 2.34. The number of aliphatic hydroxyl groups excluding tert-OH is 1. The molecule has 5 nitrogen and oxygen atoms in total. The Balaban J connectivity index is 2.80. The summed E-state index contributed by atoms with van der Waals surface area (Å²) in [5.41, 5.74) is 0.233. The van der Waals surface area contributed by atoms with Crippen molar-refractivity contribution in [2.24, 2.45) is 0 Å². The zero-order valence-electron chi connectivity index (χ0n) is 9.80. The molecule has 0 aliphatic rings. The van der Waals surface area contributed by atoms with Crippen LogP contribution in [-0.4, -0.2) is 54.4 Å². The monoisotopic (exact) mass is 239 g/mol. The van der Waals surface area contributed by atoms with Crippen LogP contribution < -0.4 is 0 Å². The third-order valence-electron chi connectivity index (χ3n) is 2.36. The second-order valence-electron chi connectivity index (χ2n) is 3.53. The van der Waals surface area contributed by atoms with E-state index in [0.29, 0.717) is 13.2 Å². The Bertz CT molecular complexity index is 367. The number of rotatable bonds is 6. The second kappa shape index (κ2) is 6.88. The van der Waals surface area contributed by atoms with Crippen molar-refractivity contribution in [1.82, 2.24) is 4.90 Å². The highest BCUT2D eigenvalue weighted by molar-refractivity contribution is 5.96. The predicted molar refractivity (Wildman–Crippen MR) is 63.0 cm³/mol. The molecule has 0 bridgehead atoms. The number of carbonyl (C=O) groups excluding carboxylic acids is 1. The van der Waals surface area contributed by atoms with Crippen molar-refractivity contribution in [2.75, 3.05) is 33.4 Å². The van der Waals surface area contributed by atoms with E-state index in [4.69, 9.17) is 9.84 Å². The summed E-state index contributed by atoms with van der Waals surface area (Å²) in [4.78, 5) is 13.5. The summed E-state index contributed by atoms with van der Waals surface area (Å²) in [7, 11) is 1.54. The minimum Gasteiger partial charge on any atom is -0.507 e. The first kappa shape index (κ1) is 13.5. The van der Waals surface area contributed by atoms with Gasteiger partial charge in [-0.3, -0.25) is 4.79 Å². The Morgan fingerprint density at radius 3 is 2.65 bits per heavy atom. The molecule has 0 aromatic heterocycles. The minimum absolute atomic E-state index is 0.0575. The standard InChI is InChI=1S/C12H17NO4/c1-17-9-7-13(6-8-14)12(16)10-4-2-3-5-11(10)15/h2-5,14-15H,6-9H2,1H3. The molecule has 0 atom stereocenters. The summed E-state index contributed by atoms with van der Waals surface area (Å²) in [5.74, 6) is -0.368. The first-order valence-corrected chi connectivity index (χ1v) is 5.37. The van der Waals surface area contributed by atoms with E-state index in [-0.39, 0.29) is 30.4 Å². The van der Waals surface area contributed by atoms with E-state index in [2.05, 4.69) is 0 Å². The number of ether oxygens (including phenoxy) is 1. The first-order chi connectivity index (χ1) is 8.20. The Morgan fingerprint density at radius 2 is 2.06 bits per heavy atom. The summed E-state index contributed by atoms with van der Waals surface area (Å²) in [5, 5.41) is 18.5. The van der Waals surface area contributed by atoms with Crippen molar-refractivity contribution >= 4 is 5.91 Å². The molecule has 1 amide bonds. The SMILES string of the molecule is COCCN(CCO)C(=O)c1ccccc1O.